The van der Waals surface area contributed by atoms with Gasteiger partial charge in [0.15, 0.2) is 0 Å². The molecule has 0 saturated carbocycles. The molecule has 0 spiro atoms. The highest BCUT2D eigenvalue weighted by Gasteiger charge is 2.23. The largest absolute Gasteiger partial charge is 0.380 e. The van der Waals surface area contributed by atoms with Crippen molar-refractivity contribution >= 4 is 17.4 Å². The summed E-state index contributed by atoms with van der Waals surface area (Å²) in [4.78, 5) is 29.6. The minimum Gasteiger partial charge on any atom is -0.380 e. The van der Waals surface area contributed by atoms with Crippen LogP contribution in [0.25, 0.3) is 0 Å². The average Bonchev–Trinajstić information content (AvgIpc) is 2.79. The Morgan fingerprint density at radius 1 is 0.929 bits per heavy atom. The van der Waals surface area contributed by atoms with Crippen LogP contribution in [0.1, 0.15) is 16.1 Å². The number of aromatic nitrogens is 3. The number of hydrogen-bond donors (Lipinski definition) is 1. The first-order chi connectivity index (χ1) is 13.8. The highest BCUT2D eigenvalue weighted by atomic mass is 16.2. The smallest absolute Gasteiger partial charge is 0.272 e. The minimum atomic E-state index is -0.0283. The maximum Gasteiger partial charge on any atom is 0.272 e. The van der Waals surface area contributed by atoms with Crippen molar-refractivity contribution in [3.8, 4) is 0 Å². The summed E-state index contributed by atoms with van der Waals surface area (Å²) in [6.45, 7) is 3.54. The third kappa shape index (κ3) is 4.25. The van der Waals surface area contributed by atoms with Crippen LogP contribution in [-0.4, -0.2) is 51.9 Å². The van der Waals surface area contributed by atoms with E-state index < -0.39 is 0 Å². The summed E-state index contributed by atoms with van der Waals surface area (Å²) >= 11 is 0. The lowest BCUT2D eigenvalue weighted by Gasteiger charge is -2.35. The normalized spacial score (nSPS) is 14.0. The number of rotatable bonds is 5. The van der Waals surface area contributed by atoms with Gasteiger partial charge in [0.2, 0.25) is 0 Å². The molecule has 7 nitrogen and oxygen atoms in total. The Balaban J connectivity index is 1.31. The zero-order valence-electron chi connectivity index (χ0n) is 15.5. The monoisotopic (exact) mass is 374 g/mol. The number of pyridine rings is 3. The molecule has 142 valence electrons. The Hall–Kier alpha value is -3.48. The van der Waals surface area contributed by atoms with Crippen LogP contribution >= 0.6 is 0 Å². The number of nitrogens with zero attached hydrogens (tertiary/aromatic N) is 5. The molecule has 0 aromatic carbocycles. The Morgan fingerprint density at radius 2 is 1.82 bits per heavy atom. The highest BCUT2D eigenvalue weighted by Crippen LogP contribution is 2.15. The topological polar surface area (TPSA) is 74.2 Å². The van der Waals surface area contributed by atoms with Crippen LogP contribution in [0.3, 0.4) is 0 Å². The summed E-state index contributed by atoms with van der Waals surface area (Å²) in [5.74, 6) is 0.927. The SMILES string of the molecule is O=C(c1ccc(NCc2cccnc2)cn1)N1CCN(c2ccccn2)CC1. The number of nitrogens with one attached hydrogen (secondary N) is 1. The summed E-state index contributed by atoms with van der Waals surface area (Å²) in [6, 6.07) is 13.5. The third-order valence-corrected chi connectivity index (χ3v) is 4.74. The van der Waals surface area contributed by atoms with Crippen LogP contribution in [0.4, 0.5) is 11.5 Å². The summed E-state index contributed by atoms with van der Waals surface area (Å²) in [7, 11) is 0. The zero-order valence-corrected chi connectivity index (χ0v) is 15.5. The predicted molar refractivity (Wildman–Crippen MR) is 108 cm³/mol. The Labute approximate surface area is 164 Å². The van der Waals surface area contributed by atoms with Crippen molar-refractivity contribution in [2.24, 2.45) is 0 Å². The fourth-order valence-electron chi connectivity index (χ4n) is 3.17. The second-order valence-electron chi connectivity index (χ2n) is 6.61. The van der Waals surface area contributed by atoms with Gasteiger partial charge in [-0.25, -0.2) is 9.97 Å². The summed E-state index contributed by atoms with van der Waals surface area (Å²) in [5, 5.41) is 3.29. The van der Waals surface area contributed by atoms with Gasteiger partial charge in [0.05, 0.1) is 11.9 Å². The van der Waals surface area contributed by atoms with E-state index in [1.807, 2.05) is 47.5 Å². The van der Waals surface area contributed by atoms with E-state index in [0.29, 0.717) is 25.3 Å². The summed E-state index contributed by atoms with van der Waals surface area (Å²) < 4.78 is 0. The number of piperazine rings is 1. The number of carbonyl (C=O) groups is 1. The van der Waals surface area contributed by atoms with Crippen LogP contribution < -0.4 is 10.2 Å². The van der Waals surface area contributed by atoms with Gasteiger partial charge < -0.3 is 15.1 Å². The average molecular weight is 374 g/mol. The van der Waals surface area contributed by atoms with E-state index in [1.165, 1.54) is 0 Å². The first-order valence-corrected chi connectivity index (χ1v) is 9.34. The number of carbonyl (C=O) groups excluding carboxylic acids is 1. The summed E-state index contributed by atoms with van der Waals surface area (Å²) in [6.07, 6.45) is 7.07. The van der Waals surface area contributed by atoms with Gasteiger partial charge in [-0.15, -0.1) is 0 Å². The van der Waals surface area contributed by atoms with E-state index >= 15 is 0 Å². The molecule has 3 aromatic heterocycles. The fraction of sp³-hybridized carbons (Fsp3) is 0.238. The first-order valence-electron chi connectivity index (χ1n) is 9.34. The van der Waals surface area contributed by atoms with Crippen molar-refractivity contribution in [3.05, 3.63) is 78.5 Å². The molecule has 4 rings (SSSR count). The third-order valence-electron chi connectivity index (χ3n) is 4.74. The van der Waals surface area contributed by atoms with Gasteiger partial charge in [0, 0.05) is 51.3 Å². The molecule has 0 aliphatic carbocycles. The van der Waals surface area contributed by atoms with E-state index in [9.17, 15) is 4.79 Å². The summed E-state index contributed by atoms with van der Waals surface area (Å²) in [5.41, 5.74) is 2.44. The van der Waals surface area contributed by atoms with Gasteiger partial charge in [-0.3, -0.25) is 9.78 Å². The molecule has 3 aromatic rings. The fourth-order valence-corrected chi connectivity index (χ4v) is 3.17. The van der Waals surface area contributed by atoms with Gasteiger partial charge in [0.25, 0.3) is 5.91 Å². The van der Waals surface area contributed by atoms with Gasteiger partial charge in [-0.1, -0.05) is 12.1 Å². The number of amides is 1. The van der Waals surface area contributed by atoms with Crippen LogP contribution in [0.2, 0.25) is 0 Å². The molecule has 1 fully saturated rings. The minimum absolute atomic E-state index is 0.0283. The molecule has 1 aliphatic heterocycles. The zero-order chi connectivity index (χ0) is 19.2. The van der Waals surface area contributed by atoms with Crippen molar-refractivity contribution < 1.29 is 4.79 Å². The lowest BCUT2D eigenvalue weighted by molar-refractivity contribution is 0.0740. The molecular weight excluding hydrogens is 352 g/mol. The maximum atomic E-state index is 12.7. The van der Waals surface area contributed by atoms with Gasteiger partial charge >= 0.3 is 0 Å². The van der Waals surface area contributed by atoms with Gasteiger partial charge in [-0.2, -0.15) is 0 Å². The Bertz CT molecular complexity index is 893. The standard InChI is InChI=1S/C21H22N6O/c28-21(27-12-10-26(11-13-27)20-5-1-2-9-23-20)19-7-6-18(16-25-19)24-15-17-4-3-8-22-14-17/h1-9,14,16,24H,10-13,15H2. The highest BCUT2D eigenvalue weighted by molar-refractivity contribution is 5.92. The van der Waals surface area contributed by atoms with Crippen LogP contribution in [0, 0.1) is 0 Å². The molecule has 0 unspecified atom stereocenters. The maximum absolute atomic E-state index is 12.7. The quantitative estimate of drug-likeness (QED) is 0.739. The van der Waals surface area contributed by atoms with E-state index in [2.05, 4.69) is 25.2 Å². The molecule has 7 heteroatoms. The van der Waals surface area contributed by atoms with E-state index in [-0.39, 0.29) is 5.91 Å². The van der Waals surface area contributed by atoms with Gasteiger partial charge in [0.1, 0.15) is 11.5 Å². The second kappa shape index (κ2) is 8.47. The molecule has 1 amide bonds. The van der Waals surface area contributed by atoms with Crippen molar-refractivity contribution in [1.29, 1.82) is 0 Å². The predicted octanol–water partition coefficient (Wildman–Crippen LogP) is 2.45. The Morgan fingerprint density at radius 3 is 2.50 bits per heavy atom. The first kappa shape index (κ1) is 17.9. The molecule has 1 saturated heterocycles. The molecule has 1 N–H and O–H groups in total. The molecular formula is C21H22N6O. The second-order valence-corrected chi connectivity index (χ2v) is 6.61. The Kier molecular flexibility index (Phi) is 5.42. The van der Waals surface area contributed by atoms with Gasteiger partial charge in [-0.05, 0) is 35.9 Å². The van der Waals surface area contributed by atoms with Crippen molar-refractivity contribution in [2.75, 3.05) is 36.4 Å². The van der Waals surface area contributed by atoms with E-state index in [1.54, 1.807) is 24.7 Å². The lowest BCUT2D eigenvalue weighted by atomic mass is 10.2. The molecule has 28 heavy (non-hydrogen) atoms. The van der Waals surface area contributed by atoms with Crippen LogP contribution in [-0.2, 0) is 6.54 Å². The van der Waals surface area contributed by atoms with Crippen molar-refractivity contribution in [1.82, 2.24) is 19.9 Å². The molecule has 0 atom stereocenters. The number of hydrogen-bond acceptors (Lipinski definition) is 6. The molecule has 1 aliphatic rings. The molecule has 4 heterocycles. The molecule has 0 radical (unpaired) electrons. The van der Waals surface area contributed by atoms with Crippen LogP contribution in [0.15, 0.2) is 67.3 Å². The number of anilines is 2. The molecule has 0 bridgehead atoms. The van der Waals surface area contributed by atoms with E-state index in [0.717, 1.165) is 30.2 Å². The van der Waals surface area contributed by atoms with Crippen molar-refractivity contribution in [3.63, 3.8) is 0 Å². The van der Waals surface area contributed by atoms with Crippen LogP contribution in [0.5, 0.6) is 0 Å². The van der Waals surface area contributed by atoms with E-state index in [4.69, 9.17) is 0 Å². The lowest BCUT2D eigenvalue weighted by Crippen LogP contribution is -2.49. The van der Waals surface area contributed by atoms with Crippen molar-refractivity contribution in [2.45, 2.75) is 6.54 Å².